The number of aliphatic imine (C=N–C) groups is 1. The van der Waals surface area contributed by atoms with Crippen molar-refractivity contribution in [2.45, 2.75) is 31.2 Å². The Kier molecular flexibility index (Phi) is 6.10. The first-order valence-corrected chi connectivity index (χ1v) is 10.2. The zero-order valence-electron chi connectivity index (χ0n) is 17.9. The average Bonchev–Trinajstić information content (AvgIpc) is 3.09. The molecule has 2 aromatic carbocycles. The highest BCUT2D eigenvalue weighted by molar-refractivity contribution is 6.33. The molecule has 0 saturated carbocycles. The molecule has 0 radical (unpaired) electrons. The summed E-state index contributed by atoms with van der Waals surface area (Å²) in [6.07, 6.45) is -8.14. The van der Waals surface area contributed by atoms with E-state index < -0.39 is 59.7 Å². The SMILES string of the molecule is O=CNc1c(CC(=O)O)ccc2c1C1C(=O)C=NC=C1N2Cc1ccc(C(F)(F)F)cc1C(F)(F)F. The molecular weight excluding hydrogens is 496 g/mol. The molecule has 13 heteroatoms. The van der Waals surface area contributed by atoms with Gasteiger partial charge in [-0.2, -0.15) is 26.3 Å². The van der Waals surface area contributed by atoms with Crippen molar-refractivity contribution in [2.24, 2.45) is 4.99 Å². The number of hydrogen-bond acceptors (Lipinski definition) is 5. The highest BCUT2D eigenvalue weighted by Crippen LogP contribution is 2.50. The predicted molar refractivity (Wildman–Crippen MR) is 114 cm³/mol. The van der Waals surface area contributed by atoms with Crippen molar-refractivity contribution in [3.63, 3.8) is 0 Å². The summed E-state index contributed by atoms with van der Waals surface area (Å²) >= 11 is 0. The zero-order chi connectivity index (χ0) is 26.4. The number of alkyl halides is 6. The Morgan fingerprint density at radius 2 is 1.78 bits per heavy atom. The topological polar surface area (TPSA) is 99.1 Å². The van der Waals surface area contributed by atoms with Gasteiger partial charge in [-0.15, -0.1) is 0 Å². The molecule has 2 aromatic rings. The molecule has 7 nitrogen and oxygen atoms in total. The van der Waals surface area contributed by atoms with Crippen LogP contribution in [0.4, 0.5) is 37.7 Å². The van der Waals surface area contributed by atoms with E-state index in [4.69, 9.17) is 0 Å². The van der Waals surface area contributed by atoms with Crippen LogP contribution >= 0.6 is 0 Å². The smallest absolute Gasteiger partial charge is 0.416 e. The van der Waals surface area contributed by atoms with Crippen LogP contribution in [-0.4, -0.2) is 29.5 Å². The van der Waals surface area contributed by atoms with Gasteiger partial charge in [0.25, 0.3) is 0 Å². The maximum atomic E-state index is 13.7. The summed E-state index contributed by atoms with van der Waals surface area (Å²) in [5.74, 6) is -2.91. The van der Waals surface area contributed by atoms with E-state index in [1.54, 1.807) is 0 Å². The molecule has 2 aliphatic rings. The number of fused-ring (bicyclic) bond motifs is 3. The molecule has 4 rings (SSSR count). The van der Waals surface area contributed by atoms with Crippen molar-refractivity contribution >= 4 is 35.8 Å². The third-order valence-electron chi connectivity index (χ3n) is 5.80. The number of nitrogens with one attached hydrogen (secondary N) is 1. The number of anilines is 2. The Balaban J connectivity index is 1.89. The summed E-state index contributed by atoms with van der Waals surface area (Å²) in [5.41, 5.74) is -2.84. The number of carbonyl (C=O) groups excluding carboxylic acids is 2. The van der Waals surface area contributed by atoms with Crippen LogP contribution in [0, 0.1) is 0 Å². The number of carbonyl (C=O) groups is 3. The lowest BCUT2D eigenvalue weighted by Gasteiger charge is -2.25. The second-order valence-corrected chi connectivity index (χ2v) is 7.99. The van der Waals surface area contributed by atoms with Crippen LogP contribution in [0.1, 0.15) is 33.7 Å². The van der Waals surface area contributed by atoms with Crippen LogP contribution in [0.15, 0.2) is 47.2 Å². The number of aliphatic carboxylic acids is 1. The number of halogens is 6. The van der Waals surface area contributed by atoms with Crippen molar-refractivity contribution < 1.29 is 45.8 Å². The Labute approximate surface area is 198 Å². The van der Waals surface area contributed by atoms with Gasteiger partial charge in [0.15, 0.2) is 5.78 Å². The van der Waals surface area contributed by atoms with Gasteiger partial charge < -0.3 is 15.3 Å². The van der Waals surface area contributed by atoms with E-state index in [9.17, 15) is 45.8 Å². The van der Waals surface area contributed by atoms with Crippen LogP contribution < -0.4 is 10.2 Å². The second kappa shape index (κ2) is 8.81. The lowest BCUT2D eigenvalue weighted by Crippen LogP contribution is -2.26. The highest BCUT2D eigenvalue weighted by atomic mass is 19.4. The van der Waals surface area contributed by atoms with E-state index in [-0.39, 0.29) is 40.7 Å². The third kappa shape index (κ3) is 4.43. The lowest BCUT2D eigenvalue weighted by atomic mass is 9.90. The molecule has 0 bridgehead atoms. The van der Waals surface area contributed by atoms with Crippen molar-refractivity contribution in [1.82, 2.24) is 0 Å². The number of Topliss-reactive ketones (excluding diaryl/α,β-unsaturated/α-hetero) is 1. The maximum Gasteiger partial charge on any atom is 0.416 e. The van der Waals surface area contributed by atoms with Gasteiger partial charge in [0, 0.05) is 24.0 Å². The largest absolute Gasteiger partial charge is 0.481 e. The number of carboxylic acid groups (broad SMARTS) is 1. The number of carboxylic acids is 1. The monoisotopic (exact) mass is 511 g/mol. The average molecular weight is 511 g/mol. The van der Waals surface area contributed by atoms with Crippen LogP contribution in [0.3, 0.4) is 0 Å². The molecule has 0 spiro atoms. The van der Waals surface area contributed by atoms with Crippen LogP contribution in [0.25, 0.3) is 0 Å². The molecule has 2 heterocycles. The van der Waals surface area contributed by atoms with E-state index in [0.717, 1.165) is 12.3 Å². The number of allylic oxidation sites excluding steroid dienone is 1. The summed E-state index contributed by atoms with van der Waals surface area (Å²) < 4.78 is 80.5. The minimum absolute atomic E-state index is 0.00964. The van der Waals surface area contributed by atoms with Crippen molar-refractivity contribution in [1.29, 1.82) is 0 Å². The molecule has 0 saturated heterocycles. The van der Waals surface area contributed by atoms with Crippen LogP contribution in [-0.2, 0) is 39.7 Å². The van der Waals surface area contributed by atoms with E-state index in [2.05, 4.69) is 10.3 Å². The molecule has 1 atom stereocenters. The molecule has 36 heavy (non-hydrogen) atoms. The van der Waals surface area contributed by atoms with Gasteiger partial charge >= 0.3 is 18.3 Å². The molecule has 2 N–H and O–H groups in total. The quantitative estimate of drug-likeness (QED) is 0.439. The van der Waals surface area contributed by atoms with E-state index >= 15 is 0 Å². The molecule has 0 fully saturated rings. The Hall–Kier alpha value is -4.16. The highest BCUT2D eigenvalue weighted by Gasteiger charge is 2.43. The predicted octanol–water partition coefficient (Wildman–Crippen LogP) is 4.52. The van der Waals surface area contributed by atoms with E-state index in [1.165, 1.54) is 23.2 Å². The van der Waals surface area contributed by atoms with Crippen molar-refractivity contribution in [3.05, 3.63) is 70.0 Å². The summed E-state index contributed by atoms with van der Waals surface area (Å²) in [6.45, 7) is -0.579. The molecule has 1 amide bonds. The fourth-order valence-corrected chi connectivity index (χ4v) is 4.36. The maximum absolute atomic E-state index is 13.7. The zero-order valence-corrected chi connectivity index (χ0v) is 17.9. The first kappa shape index (κ1) is 24.9. The number of ketones is 1. The molecule has 0 aliphatic carbocycles. The summed E-state index contributed by atoms with van der Waals surface area (Å²) in [7, 11) is 0. The first-order valence-electron chi connectivity index (χ1n) is 10.2. The number of hydrogen-bond donors (Lipinski definition) is 2. The fraction of sp³-hybridized carbons (Fsp3) is 0.217. The molecular formula is C23H15F6N3O4. The summed E-state index contributed by atoms with van der Waals surface area (Å²) in [5, 5.41) is 11.6. The normalized spacial score (nSPS) is 16.9. The standard InChI is InChI=1S/C23H15F6N3O4/c24-22(25,26)13-3-1-12(14(6-13)23(27,28)29)9-32-15-4-2-11(5-18(35)36)21(31-10-33)20(15)19-16(32)7-30-8-17(19)34/h1-4,6-8,10,19H,5,9H2,(H,31,33)(H,35,36). The van der Waals surface area contributed by atoms with Crippen molar-refractivity contribution in [3.8, 4) is 0 Å². The molecule has 2 aliphatic heterocycles. The van der Waals surface area contributed by atoms with Gasteiger partial charge in [0.2, 0.25) is 6.41 Å². The van der Waals surface area contributed by atoms with Gasteiger partial charge in [-0.25, -0.2) is 0 Å². The lowest BCUT2D eigenvalue weighted by molar-refractivity contribution is -0.143. The molecule has 0 aromatic heterocycles. The van der Waals surface area contributed by atoms with Crippen molar-refractivity contribution in [2.75, 3.05) is 10.2 Å². The van der Waals surface area contributed by atoms with Crippen LogP contribution in [0.5, 0.6) is 0 Å². The van der Waals surface area contributed by atoms with Gasteiger partial charge in [-0.1, -0.05) is 12.1 Å². The number of amides is 1. The first-order chi connectivity index (χ1) is 16.8. The van der Waals surface area contributed by atoms with E-state index in [0.29, 0.717) is 6.07 Å². The number of benzene rings is 2. The Morgan fingerprint density at radius 1 is 1.08 bits per heavy atom. The fourth-order valence-electron chi connectivity index (χ4n) is 4.36. The molecule has 1 unspecified atom stereocenters. The van der Waals surface area contributed by atoms with Gasteiger partial charge in [-0.05, 0) is 29.3 Å². The number of nitrogens with zero attached hydrogens (tertiary/aromatic N) is 2. The second-order valence-electron chi connectivity index (χ2n) is 7.99. The molecule has 188 valence electrons. The minimum atomic E-state index is -5.11. The Bertz CT molecular complexity index is 1330. The summed E-state index contributed by atoms with van der Waals surface area (Å²) in [6, 6.07) is 4.00. The van der Waals surface area contributed by atoms with Gasteiger partial charge in [-0.3, -0.25) is 19.4 Å². The number of rotatable bonds is 6. The Morgan fingerprint density at radius 3 is 2.39 bits per heavy atom. The third-order valence-corrected chi connectivity index (χ3v) is 5.80. The van der Waals surface area contributed by atoms with E-state index in [1.807, 2.05) is 0 Å². The van der Waals surface area contributed by atoms with Crippen LogP contribution in [0.2, 0.25) is 0 Å². The minimum Gasteiger partial charge on any atom is -0.481 e. The van der Waals surface area contributed by atoms with Gasteiger partial charge in [0.05, 0.1) is 41.1 Å². The van der Waals surface area contributed by atoms with Gasteiger partial charge in [0.1, 0.15) is 0 Å². The summed E-state index contributed by atoms with van der Waals surface area (Å²) in [4.78, 5) is 40.4.